The maximum Gasteiger partial charge on any atom is 0.254 e. The maximum absolute atomic E-state index is 13.2. The van der Waals surface area contributed by atoms with Crippen LogP contribution in [0.3, 0.4) is 0 Å². The van der Waals surface area contributed by atoms with Crippen LogP contribution in [0.25, 0.3) is 0 Å². The van der Waals surface area contributed by atoms with Crippen molar-refractivity contribution in [3.8, 4) is 11.5 Å². The van der Waals surface area contributed by atoms with Gasteiger partial charge in [0.2, 0.25) is 0 Å². The molecule has 0 N–H and O–H groups in total. The molecule has 0 radical (unpaired) electrons. The minimum Gasteiger partial charge on any atom is -0.493 e. The molecule has 138 valence electrons. The van der Waals surface area contributed by atoms with Crippen molar-refractivity contribution in [2.75, 3.05) is 21.3 Å². The van der Waals surface area contributed by atoms with Crippen molar-refractivity contribution in [3.05, 3.63) is 89.7 Å². The Morgan fingerprint density at radius 3 is 2.26 bits per heavy atom. The van der Waals surface area contributed by atoms with Crippen molar-refractivity contribution >= 4 is 5.91 Å². The third-order valence-electron chi connectivity index (χ3n) is 4.42. The molecule has 0 bridgehead atoms. The Morgan fingerprint density at radius 1 is 0.926 bits per heavy atom. The number of benzene rings is 2. The van der Waals surface area contributed by atoms with Gasteiger partial charge in [0, 0.05) is 18.8 Å². The van der Waals surface area contributed by atoms with Crippen LogP contribution in [0.15, 0.2) is 72.9 Å². The average Bonchev–Trinajstić information content (AvgIpc) is 2.74. The summed E-state index contributed by atoms with van der Waals surface area (Å²) in [7, 11) is 4.90. The number of amides is 1. The van der Waals surface area contributed by atoms with E-state index >= 15 is 0 Å². The van der Waals surface area contributed by atoms with Crippen LogP contribution in [0.4, 0.5) is 0 Å². The number of carbonyl (C=O) groups is 1. The molecule has 0 fully saturated rings. The van der Waals surface area contributed by atoms with Crippen molar-refractivity contribution in [2.45, 2.75) is 6.04 Å². The molecule has 27 heavy (non-hydrogen) atoms. The van der Waals surface area contributed by atoms with Crippen LogP contribution in [0.5, 0.6) is 11.5 Å². The number of hydrogen-bond donors (Lipinski definition) is 0. The standard InChI is InChI=1S/C22H22N2O3/c1-24(22(25)17-12-13-19(26-2)20(15-17)27-3)21(16-9-5-4-6-10-16)18-11-7-8-14-23-18/h4-15,21H,1-3H3. The molecular weight excluding hydrogens is 340 g/mol. The van der Waals surface area contributed by atoms with Crippen LogP contribution in [-0.4, -0.2) is 37.1 Å². The van der Waals surface area contributed by atoms with E-state index in [4.69, 9.17) is 9.47 Å². The molecule has 0 saturated heterocycles. The van der Waals surface area contributed by atoms with Crippen LogP contribution in [0, 0.1) is 0 Å². The minimum absolute atomic E-state index is 0.129. The summed E-state index contributed by atoms with van der Waals surface area (Å²) in [5.41, 5.74) is 2.32. The molecule has 1 unspecified atom stereocenters. The monoisotopic (exact) mass is 362 g/mol. The van der Waals surface area contributed by atoms with Crippen molar-refractivity contribution in [2.24, 2.45) is 0 Å². The molecule has 0 spiro atoms. The fourth-order valence-corrected chi connectivity index (χ4v) is 3.06. The van der Waals surface area contributed by atoms with Gasteiger partial charge in [0.1, 0.15) is 0 Å². The van der Waals surface area contributed by atoms with E-state index in [0.717, 1.165) is 11.3 Å². The molecule has 1 heterocycles. The smallest absolute Gasteiger partial charge is 0.254 e. The summed E-state index contributed by atoms with van der Waals surface area (Å²) in [6, 6.07) is 20.4. The van der Waals surface area contributed by atoms with Gasteiger partial charge in [0.25, 0.3) is 5.91 Å². The number of carbonyl (C=O) groups excluding carboxylic acids is 1. The van der Waals surface area contributed by atoms with Gasteiger partial charge >= 0.3 is 0 Å². The third kappa shape index (κ3) is 3.92. The summed E-state index contributed by atoms with van der Waals surface area (Å²) < 4.78 is 10.6. The number of methoxy groups -OCH3 is 2. The Bertz CT molecular complexity index is 858. The SMILES string of the molecule is COc1ccc(C(=O)N(C)C(c2ccccc2)c2ccccn2)cc1OC. The molecule has 0 saturated carbocycles. The van der Waals surface area contributed by atoms with Gasteiger partial charge in [0.05, 0.1) is 26.0 Å². The fraction of sp³-hybridized carbons (Fsp3) is 0.182. The van der Waals surface area contributed by atoms with Crippen LogP contribution in [0.1, 0.15) is 27.7 Å². The highest BCUT2D eigenvalue weighted by Gasteiger charge is 2.26. The molecular formula is C22H22N2O3. The van der Waals surface area contributed by atoms with Crippen molar-refractivity contribution < 1.29 is 14.3 Å². The van der Waals surface area contributed by atoms with E-state index in [1.54, 1.807) is 50.6 Å². The first-order valence-corrected chi connectivity index (χ1v) is 8.60. The number of rotatable bonds is 6. The Balaban J connectivity index is 1.99. The van der Waals surface area contributed by atoms with E-state index in [1.165, 1.54) is 0 Å². The lowest BCUT2D eigenvalue weighted by Crippen LogP contribution is -2.32. The summed E-state index contributed by atoms with van der Waals surface area (Å²) in [6.07, 6.45) is 1.74. The molecule has 3 rings (SSSR count). The van der Waals surface area contributed by atoms with Gasteiger partial charge in [-0.1, -0.05) is 36.4 Å². The molecule has 1 amide bonds. The normalized spacial score (nSPS) is 11.5. The molecule has 5 heteroatoms. The average molecular weight is 362 g/mol. The Labute approximate surface area is 159 Å². The van der Waals surface area contributed by atoms with Gasteiger partial charge in [-0.15, -0.1) is 0 Å². The highest BCUT2D eigenvalue weighted by Crippen LogP contribution is 2.31. The predicted octanol–water partition coefficient (Wildman–Crippen LogP) is 3.96. The van der Waals surface area contributed by atoms with Crippen molar-refractivity contribution in [3.63, 3.8) is 0 Å². The summed E-state index contributed by atoms with van der Waals surface area (Å²) in [4.78, 5) is 19.4. The van der Waals surface area contributed by atoms with E-state index in [1.807, 2.05) is 48.5 Å². The van der Waals surface area contributed by atoms with E-state index in [9.17, 15) is 4.79 Å². The zero-order valence-electron chi connectivity index (χ0n) is 15.6. The first-order chi connectivity index (χ1) is 13.2. The molecule has 0 aliphatic rings. The van der Waals surface area contributed by atoms with Crippen molar-refractivity contribution in [1.29, 1.82) is 0 Å². The highest BCUT2D eigenvalue weighted by atomic mass is 16.5. The second-order valence-corrected chi connectivity index (χ2v) is 6.05. The van der Waals surface area contributed by atoms with E-state index in [-0.39, 0.29) is 11.9 Å². The second-order valence-electron chi connectivity index (χ2n) is 6.05. The van der Waals surface area contributed by atoms with Gasteiger partial charge in [0.15, 0.2) is 11.5 Å². The van der Waals surface area contributed by atoms with Crippen LogP contribution in [0.2, 0.25) is 0 Å². The highest BCUT2D eigenvalue weighted by molar-refractivity contribution is 5.95. The Kier molecular flexibility index (Phi) is 5.71. The molecule has 1 aromatic heterocycles. The summed E-state index contributed by atoms with van der Waals surface area (Å²) >= 11 is 0. The zero-order valence-corrected chi connectivity index (χ0v) is 15.6. The number of nitrogens with zero attached hydrogens (tertiary/aromatic N) is 2. The molecule has 2 aromatic carbocycles. The largest absolute Gasteiger partial charge is 0.493 e. The van der Waals surface area contributed by atoms with E-state index in [2.05, 4.69) is 4.98 Å². The summed E-state index contributed by atoms with van der Waals surface area (Å²) in [5.74, 6) is 0.974. The summed E-state index contributed by atoms with van der Waals surface area (Å²) in [6.45, 7) is 0. The Hall–Kier alpha value is -3.34. The number of hydrogen-bond acceptors (Lipinski definition) is 4. The first-order valence-electron chi connectivity index (χ1n) is 8.60. The lowest BCUT2D eigenvalue weighted by Gasteiger charge is -2.28. The lowest BCUT2D eigenvalue weighted by atomic mass is 10.0. The van der Waals surface area contributed by atoms with Gasteiger partial charge in [-0.25, -0.2) is 0 Å². The number of pyridine rings is 1. The van der Waals surface area contributed by atoms with Gasteiger partial charge in [-0.2, -0.15) is 0 Å². The molecule has 0 aliphatic heterocycles. The van der Waals surface area contributed by atoms with Crippen LogP contribution in [-0.2, 0) is 0 Å². The first kappa shape index (κ1) is 18.5. The second kappa shape index (κ2) is 8.36. The maximum atomic E-state index is 13.2. The van der Waals surface area contributed by atoms with Gasteiger partial charge in [-0.05, 0) is 35.9 Å². The lowest BCUT2D eigenvalue weighted by molar-refractivity contribution is 0.0752. The van der Waals surface area contributed by atoms with Crippen LogP contribution < -0.4 is 9.47 Å². The molecule has 5 nitrogen and oxygen atoms in total. The predicted molar refractivity (Wildman–Crippen MR) is 104 cm³/mol. The fourth-order valence-electron chi connectivity index (χ4n) is 3.06. The Morgan fingerprint density at radius 2 is 1.63 bits per heavy atom. The van der Waals surface area contributed by atoms with Crippen molar-refractivity contribution in [1.82, 2.24) is 9.88 Å². The number of aromatic nitrogens is 1. The molecule has 1 atom stereocenters. The minimum atomic E-state index is -0.298. The topological polar surface area (TPSA) is 51.7 Å². The molecule has 0 aliphatic carbocycles. The van der Waals surface area contributed by atoms with Gasteiger partial charge in [-0.3, -0.25) is 9.78 Å². The number of ether oxygens (including phenoxy) is 2. The zero-order chi connectivity index (χ0) is 19.2. The summed E-state index contributed by atoms with van der Waals surface area (Å²) in [5, 5.41) is 0. The third-order valence-corrected chi connectivity index (χ3v) is 4.42. The van der Waals surface area contributed by atoms with E-state index < -0.39 is 0 Å². The quantitative estimate of drug-likeness (QED) is 0.666. The van der Waals surface area contributed by atoms with Gasteiger partial charge < -0.3 is 14.4 Å². The molecule has 3 aromatic rings. The van der Waals surface area contributed by atoms with E-state index in [0.29, 0.717) is 17.1 Å². The van der Waals surface area contributed by atoms with Crippen LogP contribution >= 0.6 is 0 Å².